The number of rotatable bonds is 6. The van der Waals surface area contributed by atoms with E-state index < -0.39 is 0 Å². The maximum absolute atomic E-state index is 12.6. The van der Waals surface area contributed by atoms with Crippen molar-refractivity contribution in [3.8, 4) is 5.75 Å². The van der Waals surface area contributed by atoms with Gasteiger partial charge in [0.1, 0.15) is 12.4 Å². The van der Waals surface area contributed by atoms with Gasteiger partial charge in [0.05, 0.1) is 12.2 Å². The number of para-hydroxylation sites is 1. The molecule has 0 aliphatic heterocycles. The van der Waals surface area contributed by atoms with Gasteiger partial charge in [0.25, 0.3) is 0 Å². The van der Waals surface area contributed by atoms with Crippen molar-refractivity contribution in [3.05, 3.63) is 58.1 Å². The van der Waals surface area contributed by atoms with Crippen LogP contribution in [0.2, 0.25) is 0 Å². The van der Waals surface area contributed by atoms with E-state index in [1.165, 1.54) is 0 Å². The molecule has 5 heteroatoms. The highest BCUT2D eigenvalue weighted by Crippen LogP contribution is 2.24. The fraction of sp³-hybridized carbons (Fsp3) is 0.188. The fourth-order valence-electron chi connectivity index (χ4n) is 1.91. The van der Waals surface area contributed by atoms with E-state index >= 15 is 0 Å². The predicted octanol–water partition coefficient (Wildman–Crippen LogP) is 3.29. The lowest BCUT2D eigenvalue weighted by molar-refractivity contribution is 0.103. The lowest BCUT2D eigenvalue weighted by atomic mass is 10.0. The number of benzene rings is 2. The molecule has 2 rings (SSSR count). The zero-order valence-corrected chi connectivity index (χ0v) is 13.2. The van der Waals surface area contributed by atoms with Gasteiger partial charge >= 0.3 is 0 Å². The van der Waals surface area contributed by atoms with E-state index in [0.717, 1.165) is 4.47 Å². The lowest BCUT2D eigenvalue weighted by Gasteiger charge is -2.11. The lowest BCUT2D eigenvalue weighted by Crippen LogP contribution is -2.09. The summed E-state index contributed by atoms with van der Waals surface area (Å²) in [6.07, 6.45) is 0. The molecule has 2 aromatic rings. The Morgan fingerprint density at radius 1 is 1.19 bits per heavy atom. The second-order valence-electron chi connectivity index (χ2n) is 4.44. The first kappa shape index (κ1) is 15.5. The molecule has 0 fully saturated rings. The molecule has 110 valence electrons. The maximum atomic E-state index is 12.6. The molecule has 0 atom stereocenters. The molecule has 0 spiro atoms. The number of ketones is 1. The number of hydrogen-bond acceptors (Lipinski definition) is 4. The topological polar surface area (TPSA) is 61.5 Å². The molecule has 0 unspecified atom stereocenters. The van der Waals surface area contributed by atoms with Crippen LogP contribution in [0.15, 0.2) is 46.9 Å². The Morgan fingerprint density at radius 2 is 1.95 bits per heavy atom. The summed E-state index contributed by atoms with van der Waals surface area (Å²) < 4.78 is 11.3. The van der Waals surface area contributed by atoms with E-state index in [1.807, 2.05) is 6.07 Å². The van der Waals surface area contributed by atoms with Crippen molar-refractivity contribution in [2.24, 2.45) is 0 Å². The van der Waals surface area contributed by atoms with Crippen molar-refractivity contribution < 1.29 is 14.3 Å². The van der Waals surface area contributed by atoms with Crippen molar-refractivity contribution in [2.45, 2.75) is 0 Å². The number of anilines is 1. The first-order chi connectivity index (χ1) is 10.1. The van der Waals surface area contributed by atoms with Gasteiger partial charge in [0.15, 0.2) is 5.78 Å². The molecule has 0 heterocycles. The zero-order chi connectivity index (χ0) is 15.2. The van der Waals surface area contributed by atoms with E-state index in [-0.39, 0.29) is 5.78 Å². The molecule has 21 heavy (non-hydrogen) atoms. The molecule has 2 aromatic carbocycles. The summed E-state index contributed by atoms with van der Waals surface area (Å²) >= 11 is 3.34. The third kappa shape index (κ3) is 4.06. The largest absolute Gasteiger partial charge is 0.490 e. The van der Waals surface area contributed by atoms with Crippen molar-refractivity contribution >= 4 is 27.4 Å². The summed E-state index contributed by atoms with van der Waals surface area (Å²) in [5.41, 5.74) is 7.34. The van der Waals surface area contributed by atoms with E-state index in [4.69, 9.17) is 15.2 Å². The van der Waals surface area contributed by atoms with Gasteiger partial charge in [-0.25, -0.2) is 0 Å². The Hall–Kier alpha value is -1.85. The summed E-state index contributed by atoms with van der Waals surface area (Å²) in [4.78, 5) is 12.6. The van der Waals surface area contributed by atoms with Crippen molar-refractivity contribution in [3.63, 3.8) is 0 Å². The van der Waals surface area contributed by atoms with Gasteiger partial charge in [-0.1, -0.05) is 28.1 Å². The molecule has 2 N–H and O–H groups in total. The van der Waals surface area contributed by atoms with Crippen LogP contribution < -0.4 is 10.5 Å². The number of ether oxygens (including phenoxy) is 2. The van der Waals surface area contributed by atoms with E-state index in [0.29, 0.717) is 35.8 Å². The van der Waals surface area contributed by atoms with Crippen LogP contribution >= 0.6 is 15.9 Å². The smallest absolute Gasteiger partial charge is 0.196 e. The van der Waals surface area contributed by atoms with Crippen LogP contribution in [0.3, 0.4) is 0 Å². The highest BCUT2D eigenvalue weighted by Gasteiger charge is 2.15. The van der Waals surface area contributed by atoms with Crippen molar-refractivity contribution in [2.75, 3.05) is 26.1 Å². The molecule has 0 aromatic heterocycles. The number of halogens is 1. The van der Waals surface area contributed by atoms with Gasteiger partial charge in [-0.2, -0.15) is 0 Å². The standard InChI is InChI=1S/C16H16BrNO3/c1-20-6-7-21-15-5-3-2-4-14(15)16(19)11-8-12(17)10-13(18)9-11/h2-5,8-10H,6-7,18H2,1H3. The van der Waals surface area contributed by atoms with Crippen LogP contribution in [0.5, 0.6) is 5.75 Å². The molecule has 0 saturated heterocycles. The van der Waals surface area contributed by atoms with Crippen LogP contribution in [-0.2, 0) is 4.74 Å². The molecular weight excluding hydrogens is 334 g/mol. The third-order valence-corrected chi connectivity index (χ3v) is 3.32. The highest BCUT2D eigenvalue weighted by molar-refractivity contribution is 9.10. The zero-order valence-electron chi connectivity index (χ0n) is 11.6. The minimum Gasteiger partial charge on any atom is -0.490 e. The maximum Gasteiger partial charge on any atom is 0.196 e. The third-order valence-electron chi connectivity index (χ3n) is 2.86. The first-order valence-electron chi connectivity index (χ1n) is 6.43. The van der Waals surface area contributed by atoms with E-state index in [2.05, 4.69) is 15.9 Å². The minimum absolute atomic E-state index is 0.129. The SMILES string of the molecule is COCCOc1ccccc1C(=O)c1cc(N)cc(Br)c1. The molecule has 0 radical (unpaired) electrons. The van der Waals surface area contributed by atoms with Gasteiger partial charge in [-0.05, 0) is 30.3 Å². The number of hydrogen-bond donors (Lipinski definition) is 1. The van der Waals surface area contributed by atoms with Crippen LogP contribution in [0, 0.1) is 0 Å². The average molecular weight is 350 g/mol. The Balaban J connectivity index is 2.30. The van der Waals surface area contributed by atoms with Crippen LogP contribution in [0.4, 0.5) is 5.69 Å². The molecular formula is C16H16BrNO3. The highest BCUT2D eigenvalue weighted by atomic mass is 79.9. The second-order valence-corrected chi connectivity index (χ2v) is 5.36. The number of carbonyl (C=O) groups excluding carboxylic acids is 1. The minimum atomic E-state index is -0.129. The van der Waals surface area contributed by atoms with Crippen molar-refractivity contribution in [1.29, 1.82) is 0 Å². The second kappa shape index (κ2) is 7.24. The van der Waals surface area contributed by atoms with Gasteiger partial charge in [0.2, 0.25) is 0 Å². The van der Waals surface area contributed by atoms with Crippen LogP contribution in [0.1, 0.15) is 15.9 Å². The molecule has 0 bridgehead atoms. The Kier molecular flexibility index (Phi) is 5.36. The predicted molar refractivity (Wildman–Crippen MR) is 85.8 cm³/mol. The number of nitrogens with two attached hydrogens (primary N) is 1. The van der Waals surface area contributed by atoms with E-state index in [1.54, 1.807) is 43.5 Å². The number of methoxy groups -OCH3 is 1. The van der Waals surface area contributed by atoms with Crippen molar-refractivity contribution in [1.82, 2.24) is 0 Å². The Bertz CT molecular complexity index is 623. The van der Waals surface area contributed by atoms with E-state index in [9.17, 15) is 4.79 Å². The summed E-state index contributed by atoms with van der Waals surface area (Å²) in [5.74, 6) is 0.411. The summed E-state index contributed by atoms with van der Waals surface area (Å²) in [6.45, 7) is 0.855. The molecule has 0 saturated carbocycles. The molecule has 0 amide bonds. The summed E-state index contributed by atoms with van der Waals surface area (Å²) in [6, 6.07) is 12.3. The number of carbonyl (C=O) groups is 1. The summed E-state index contributed by atoms with van der Waals surface area (Å²) in [7, 11) is 1.60. The van der Waals surface area contributed by atoms with Gasteiger partial charge in [0, 0.05) is 22.8 Å². The first-order valence-corrected chi connectivity index (χ1v) is 7.22. The van der Waals surface area contributed by atoms with Gasteiger partial charge in [-0.15, -0.1) is 0 Å². The quantitative estimate of drug-likeness (QED) is 0.493. The molecule has 0 aliphatic carbocycles. The van der Waals surface area contributed by atoms with Gasteiger partial charge < -0.3 is 15.2 Å². The van der Waals surface area contributed by atoms with Crippen LogP contribution in [0.25, 0.3) is 0 Å². The van der Waals surface area contributed by atoms with Crippen LogP contribution in [-0.4, -0.2) is 26.1 Å². The Morgan fingerprint density at radius 3 is 2.67 bits per heavy atom. The molecule has 4 nitrogen and oxygen atoms in total. The average Bonchev–Trinajstić information content (AvgIpc) is 2.46. The number of nitrogen functional groups attached to an aromatic ring is 1. The Labute approximate surface area is 132 Å². The fourth-order valence-corrected chi connectivity index (χ4v) is 2.42. The summed E-state index contributed by atoms with van der Waals surface area (Å²) in [5, 5.41) is 0. The molecule has 0 aliphatic rings. The monoisotopic (exact) mass is 349 g/mol. The van der Waals surface area contributed by atoms with Gasteiger partial charge in [-0.3, -0.25) is 4.79 Å². The normalized spacial score (nSPS) is 10.4.